The molecule has 1 aromatic heterocycles. The smallest absolute Gasteiger partial charge is 0.322 e. The molecule has 3 rings (SSSR count). The van der Waals surface area contributed by atoms with Crippen LogP contribution in [0.4, 0.5) is 4.79 Å². The van der Waals surface area contributed by atoms with Crippen LogP contribution in [-0.2, 0) is 10.3 Å². The van der Waals surface area contributed by atoms with Crippen molar-refractivity contribution in [2.45, 2.75) is 5.54 Å². The number of carbonyl (C=O) groups is 2. The second kappa shape index (κ2) is 3.88. The van der Waals surface area contributed by atoms with E-state index in [0.29, 0.717) is 5.56 Å². The average Bonchev–Trinajstić information content (AvgIpc) is 2.97. The number of imide groups is 1. The van der Waals surface area contributed by atoms with Crippen LogP contribution in [0.25, 0.3) is 0 Å². The maximum atomic E-state index is 12.2. The number of phenols is 1. The van der Waals surface area contributed by atoms with Gasteiger partial charge >= 0.3 is 6.03 Å². The molecule has 19 heavy (non-hydrogen) atoms. The van der Waals surface area contributed by atoms with E-state index in [-0.39, 0.29) is 11.5 Å². The van der Waals surface area contributed by atoms with Gasteiger partial charge in [0.15, 0.2) is 0 Å². The number of amides is 3. The Hall–Kier alpha value is -2.76. The first-order valence-corrected chi connectivity index (χ1v) is 5.60. The van der Waals surface area contributed by atoms with Gasteiger partial charge in [-0.05, 0) is 29.8 Å². The standard InChI is InChI=1S/C13H10N2O4/c16-9-4-1-3-8(7-9)13(10-5-2-6-19-10)11(17)14-12(18)15-13/h1-7,16H,(H2,14,15,17,18). The number of hydrogen-bond donors (Lipinski definition) is 3. The van der Waals surface area contributed by atoms with Gasteiger partial charge in [-0.25, -0.2) is 4.79 Å². The molecule has 0 saturated carbocycles. The number of benzene rings is 1. The topological polar surface area (TPSA) is 91.6 Å². The Labute approximate surface area is 108 Å². The van der Waals surface area contributed by atoms with Crippen LogP contribution in [0, 0.1) is 0 Å². The van der Waals surface area contributed by atoms with Crippen molar-refractivity contribution in [1.82, 2.24) is 10.6 Å². The van der Waals surface area contributed by atoms with Gasteiger partial charge in [-0.3, -0.25) is 10.1 Å². The fourth-order valence-corrected chi connectivity index (χ4v) is 2.21. The molecule has 1 saturated heterocycles. The highest BCUT2D eigenvalue weighted by atomic mass is 16.3. The lowest BCUT2D eigenvalue weighted by molar-refractivity contribution is -0.123. The zero-order valence-corrected chi connectivity index (χ0v) is 9.71. The lowest BCUT2D eigenvalue weighted by atomic mass is 9.87. The summed E-state index contributed by atoms with van der Waals surface area (Å²) in [4.78, 5) is 23.7. The molecule has 6 nitrogen and oxygen atoms in total. The molecule has 1 aliphatic heterocycles. The van der Waals surface area contributed by atoms with E-state index in [1.54, 1.807) is 24.3 Å². The maximum Gasteiger partial charge on any atom is 0.322 e. The molecule has 0 aliphatic carbocycles. The van der Waals surface area contributed by atoms with E-state index < -0.39 is 17.5 Å². The molecular weight excluding hydrogens is 248 g/mol. The number of carbonyl (C=O) groups excluding carboxylic acids is 2. The first kappa shape index (κ1) is 11.3. The molecular formula is C13H10N2O4. The van der Waals surface area contributed by atoms with Crippen molar-refractivity contribution < 1.29 is 19.1 Å². The fraction of sp³-hybridized carbons (Fsp3) is 0.0769. The van der Waals surface area contributed by atoms with Crippen molar-refractivity contribution in [3.8, 4) is 5.75 Å². The van der Waals surface area contributed by atoms with Gasteiger partial charge in [0.1, 0.15) is 11.5 Å². The molecule has 3 amide bonds. The summed E-state index contributed by atoms with van der Waals surface area (Å²) in [6, 6.07) is 8.72. The van der Waals surface area contributed by atoms with Crippen LogP contribution in [0.15, 0.2) is 47.1 Å². The van der Waals surface area contributed by atoms with Crippen LogP contribution in [0.5, 0.6) is 5.75 Å². The quantitative estimate of drug-likeness (QED) is 0.702. The molecule has 2 aromatic rings. The Bertz CT molecular complexity index is 650. The summed E-state index contributed by atoms with van der Waals surface area (Å²) in [5.41, 5.74) is -1.02. The summed E-state index contributed by atoms with van der Waals surface area (Å²) in [6.45, 7) is 0. The molecule has 6 heteroatoms. The van der Waals surface area contributed by atoms with Gasteiger partial charge in [0.25, 0.3) is 5.91 Å². The van der Waals surface area contributed by atoms with Gasteiger partial charge in [0.05, 0.1) is 6.26 Å². The molecule has 2 heterocycles. The highest BCUT2D eigenvalue weighted by Gasteiger charge is 2.51. The van der Waals surface area contributed by atoms with Gasteiger partial charge in [0, 0.05) is 0 Å². The average molecular weight is 258 g/mol. The Morgan fingerprint density at radius 2 is 2.00 bits per heavy atom. The molecule has 96 valence electrons. The maximum absolute atomic E-state index is 12.2. The predicted octanol–water partition coefficient (Wildman–Crippen LogP) is 1.07. The zero-order chi connectivity index (χ0) is 13.5. The normalized spacial score (nSPS) is 22.1. The first-order valence-electron chi connectivity index (χ1n) is 5.60. The summed E-state index contributed by atoms with van der Waals surface area (Å²) in [5, 5.41) is 14.3. The van der Waals surface area contributed by atoms with Crippen molar-refractivity contribution in [2.75, 3.05) is 0 Å². The van der Waals surface area contributed by atoms with Crippen molar-refractivity contribution in [2.24, 2.45) is 0 Å². The zero-order valence-electron chi connectivity index (χ0n) is 9.71. The third-order valence-electron chi connectivity index (χ3n) is 3.04. The van der Waals surface area contributed by atoms with E-state index in [0.717, 1.165) is 0 Å². The summed E-state index contributed by atoms with van der Waals surface area (Å²) in [7, 11) is 0. The predicted molar refractivity (Wildman–Crippen MR) is 64.3 cm³/mol. The molecule has 1 aromatic carbocycles. The van der Waals surface area contributed by atoms with Crippen LogP contribution in [0.1, 0.15) is 11.3 Å². The fourth-order valence-electron chi connectivity index (χ4n) is 2.21. The second-order valence-electron chi connectivity index (χ2n) is 4.19. The van der Waals surface area contributed by atoms with E-state index in [1.807, 2.05) is 0 Å². The van der Waals surface area contributed by atoms with Gasteiger partial charge < -0.3 is 14.8 Å². The molecule has 1 aliphatic rings. The molecule has 1 unspecified atom stereocenters. The summed E-state index contributed by atoms with van der Waals surface area (Å²) >= 11 is 0. The third kappa shape index (κ3) is 1.57. The minimum absolute atomic E-state index is 0.00243. The minimum atomic E-state index is -1.45. The highest BCUT2D eigenvalue weighted by Crippen LogP contribution is 2.34. The molecule has 1 atom stereocenters. The molecule has 3 N–H and O–H groups in total. The van der Waals surface area contributed by atoms with Gasteiger partial charge in [-0.2, -0.15) is 0 Å². The first-order chi connectivity index (χ1) is 9.13. The number of furan rings is 1. The van der Waals surface area contributed by atoms with Crippen molar-refractivity contribution in [3.63, 3.8) is 0 Å². The number of urea groups is 1. The van der Waals surface area contributed by atoms with Crippen molar-refractivity contribution in [3.05, 3.63) is 54.0 Å². The van der Waals surface area contributed by atoms with Crippen LogP contribution in [0.2, 0.25) is 0 Å². The van der Waals surface area contributed by atoms with E-state index >= 15 is 0 Å². The number of hydrogen-bond acceptors (Lipinski definition) is 4. The van der Waals surface area contributed by atoms with Crippen molar-refractivity contribution >= 4 is 11.9 Å². The second-order valence-corrected chi connectivity index (χ2v) is 4.19. The van der Waals surface area contributed by atoms with Gasteiger partial charge in [-0.1, -0.05) is 12.1 Å². The highest BCUT2D eigenvalue weighted by molar-refractivity contribution is 6.09. The largest absolute Gasteiger partial charge is 0.508 e. The number of rotatable bonds is 2. The lowest BCUT2D eigenvalue weighted by Crippen LogP contribution is -2.44. The third-order valence-corrected chi connectivity index (χ3v) is 3.04. The monoisotopic (exact) mass is 258 g/mol. The number of aromatic hydroxyl groups is 1. The van der Waals surface area contributed by atoms with Crippen LogP contribution in [-0.4, -0.2) is 17.0 Å². The summed E-state index contributed by atoms with van der Waals surface area (Å²) < 4.78 is 5.28. The Morgan fingerprint density at radius 3 is 2.58 bits per heavy atom. The SMILES string of the molecule is O=C1NC(=O)C(c2cccc(O)c2)(c2ccco2)N1. The number of nitrogens with one attached hydrogen (secondary N) is 2. The van der Waals surface area contributed by atoms with Crippen LogP contribution < -0.4 is 10.6 Å². The molecule has 0 radical (unpaired) electrons. The van der Waals surface area contributed by atoms with Crippen LogP contribution >= 0.6 is 0 Å². The molecule has 0 spiro atoms. The minimum Gasteiger partial charge on any atom is -0.508 e. The Kier molecular flexibility index (Phi) is 2.31. The van der Waals surface area contributed by atoms with E-state index in [1.165, 1.54) is 18.4 Å². The summed E-state index contributed by atoms with van der Waals surface area (Å²) in [6.07, 6.45) is 1.41. The van der Waals surface area contributed by atoms with Crippen molar-refractivity contribution in [1.29, 1.82) is 0 Å². The Morgan fingerprint density at radius 1 is 1.16 bits per heavy atom. The van der Waals surface area contributed by atoms with E-state index in [9.17, 15) is 14.7 Å². The lowest BCUT2D eigenvalue weighted by Gasteiger charge is -2.24. The van der Waals surface area contributed by atoms with E-state index in [4.69, 9.17) is 4.42 Å². The molecule has 0 bridgehead atoms. The van der Waals surface area contributed by atoms with E-state index in [2.05, 4.69) is 10.6 Å². The van der Waals surface area contributed by atoms with Crippen LogP contribution in [0.3, 0.4) is 0 Å². The summed E-state index contributed by atoms with van der Waals surface area (Å²) in [5.74, 6) is -0.267. The number of phenolic OH excluding ortho intramolecular Hbond substituents is 1. The Balaban J connectivity index is 2.23. The van der Waals surface area contributed by atoms with Gasteiger partial charge in [0.2, 0.25) is 5.54 Å². The van der Waals surface area contributed by atoms with Gasteiger partial charge in [-0.15, -0.1) is 0 Å². The molecule has 1 fully saturated rings.